The minimum absolute atomic E-state index is 0.00901. The van der Waals surface area contributed by atoms with Crippen LogP contribution in [0.25, 0.3) is 0 Å². The molecule has 1 aromatic rings. The van der Waals surface area contributed by atoms with Gasteiger partial charge in [-0.05, 0) is 44.2 Å². The molecular formula is C18H22N2OS2. The van der Waals surface area contributed by atoms with Crippen molar-refractivity contribution in [2.24, 2.45) is 0 Å². The van der Waals surface area contributed by atoms with Gasteiger partial charge in [0.15, 0.2) is 4.32 Å². The number of nitrogens with zero attached hydrogens (tertiary/aromatic N) is 2. The summed E-state index contributed by atoms with van der Waals surface area (Å²) in [6, 6.07) is 8.44. The van der Waals surface area contributed by atoms with E-state index < -0.39 is 0 Å². The number of likely N-dealkylation sites (tertiary alicyclic amines) is 1. The van der Waals surface area contributed by atoms with Gasteiger partial charge in [0, 0.05) is 18.8 Å². The average molecular weight is 347 g/mol. The fraction of sp³-hybridized carbons (Fsp3) is 0.444. The van der Waals surface area contributed by atoms with E-state index in [1.54, 1.807) is 4.90 Å². The van der Waals surface area contributed by atoms with Gasteiger partial charge in [0.1, 0.15) is 0 Å². The van der Waals surface area contributed by atoms with Crippen molar-refractivity contribution in [3.8, 4) is 0 Å². The summed E-state index contributed by atoms with van der Waals surface area (Å²) in [6.07, 6.45) is 6.86. The molecule has 122 valence electrons. The molecule has 2 fully saturated rings. The summed E-state index contributed by atoms with van der Waals surface area (Å²) in [5.41, 5.74) is 1.96. The third kappa shape index (κ3) is 3.31. The summed E-state index contributed by atoms with van der Waals surface area (Å²) < 4.78 is 0.626. The van der Waals surface area contributed by atoms with E-state index in [4.69, 9.17) is 12.2 Å². The molecule has 0 bridgehead atoms. The quantitative estimate of drug-likeness (QED) is 0.595. The molecule has 0 aliphatic carbocycles. The molecule has 0 N–H and O–H groups in total. The molecule has 2 heterocycles. The number of thioether (sulfide) groups is 1. The molecule has 2 aliphatic heterocycles. The van der Waals surface area contributed by atoms with Gasteiger partial charge < -0.3 is 4.90 Å². The van der Waals surface area contributed by atoms with Gasteiger partial charge in [-0.1, -0.05) is 49.1 Å². The highest BCUT2D eigenvalue weighted by Gasteiger charge is 2.35. The Morgan fingerprint density at radius 2 is 2.13 bits per heavy atom. The predicted octanol–water partition coefficient (Wildman–Crippen LogP) is 4.47. The molecule has 2 saturated heterocycles. The van der Waals surface area contributed by atoms with Crippen molar-refractivity contribution >= 4 is 39.9 Å². The van der Waals surface area contributed by atoms with Gasteiger partial charge in [-0.15, -0.1) is 0 Å². The minimum atomic E-state index is 0.00901. The Kier molecular flexibility index (Phi) is 5.07. The third-order valence-corrected chi connectivity index (χ3v) is 5.87. The van der Waals surface area contributed by atoms with Gasteiger partial charge in [-0.25, -0.2) is 0 Å². The first-order chi connectivity index (χ1) is 11.1. The number of para-hydroxylation sites is 1. The van der Waals surface area contributed by atoms with Gasteiger partial charge in [-0.2, -0.15) is 0 Å². The number of hydrogen-bond donors (Lipinski definition) is 0. The van der Waals surface area contributed by atoms with E-state index in [0.717, 1.165) is 29.1 Å². The van der Waals surface area contributed by atoms with Crippen LogP contribution in [0.5, 0.6) is 0 Å². The number of piperidine rings is 1. The molecule has 0 spiro atoms. The van der Waals surface area contributed by atoms with Crippen LogP contribution in [0.1, 0.15) is 38.2 Å². The van der Waals surface area contributed by atoms with E-state index in [0.29, 0.717) is 10.4 Å². The van der Waals surface area contributed by atoms with Crippen LogP contribution in [-0.4, -0.2) is 27.7 Å². The molecule has 1 amide bonds. The van der Waals surface area contributed by atoms with E-state index in [1.807, 2.05) is 37.4 Å². The first kappa shape index (κ1) is 16.5. The molecule has 0 saturated carbocycles. The zero-order valence-corrected chi connectivity index (χ0v) is 15.3. The summed E-state index contributed by atoms with van der Waals surface area (Å²) >= 11 is 6.89. The molecular weight excluding hydrogens is 324 g/mol. The van der Waals surface area contributed by atoms with Gasteiger partial charge in [0.2, 0.25) is 0 Å². The van der Waals surface area contributed by atoms with Gasteiger partial charge >= 0.3 is 0 Å². The van der Waals surface area contributed by atoms with Crippen LogP contribution in [-0.2, 0) is 4.79 Å². The summed E-state index contributed by atoms with van der Waals surface area (Å²) in [5, 5.41) is 0. The lowest BCUT2D eigenvalue weighted by Crippen LogP contribution is -2.35. The van der Waals surface area contributed by atoms with Crippen LogP contribution in [0, 0.1) is 6.92 Å². The van der Waals surface area contributed by atoms with Gasteiger partial charge in [0.25, 0.3) is 5.91 Å². The summed E-state index contributed by atoms with van der Waals surface area (Å²) in [5.74, 6) is 0.00901. The maximum atomic E-state index is 12.9. The lowest BCUT2D eigenvalue weighted by Gasteiger charge is -2.34. The Morgan fingerprint density at radius 3 is 2.87 bits per heavy atom. The first-order valence-corrected chi connectivity index (χ1v) is 9.43. The lowest BCUT2D eigenvalue weighted by atomic mass is 10.0. The number of thiocarbonyl (C=S) groups is 1. The van der Waals surface area contributed by atoms with Crippen LogP contribution in [0.2, 0.25) is 0 Å². The Hall–Kier alpha value is -1.33. The summed E-state index contributed by atoms with van der Waals surface area (Å²) in [7, 11) is 0. The van der Waals surface area contributed by atoms with E-state index in [9.17, 15) is 4.79 Å². The number of rotatable bonds is 3. The standard InChI is InChI=1S/C18H22N2OS2/c1-3-14-9-6-7-11-19(14)12-16-17(21)20(18(22)23-16)15-10-5-4-8-13(15)2/h4-5,8,10,12,14H,3,6-7,9,11H2,1-2H3/b16-12-/t14-/m1/s1. The van der Waals surface area contributed by atoms with Gasteiger partial charge in [-0.3, -0.25) is 9.69 Å². The normalized spacial score (nSPS) is 23.9. The molecule has 5 heteroatoms. The van der Waals surface area contributed by atoms with Crippen LogP contribution in [0.4, 0.5) is 5.69 Å². The second-order valence-electron chi connectivity index (χ2n) is 6.08. The Labute approximate surface area is 147 Å². The molecule has 0 radical (unpaired) electrons. The number of anilines is 1. The molecule has 0 aromatic heterocycles. The zero-order chi connectivity index (χ0) is 16.4. The van der Waals surface area contributed by atoms with Crippen molar-refractivity contribution in [3.05, 3.63) is 40.9 Å². The highest BCUT2D eigenvalue weighted by Crippen LogP contribution is 2.37. The number of benzene rings is 1. The second kappa shape index (κ2) is 7.05. The first-order valence-electron chi connectivity index (χ1n) is 8.21. The highest BCUT2D eigenvalue weighted by molar-refractivity contribution is 8.27. The fourth-order valence-electron chi connectivity index (χ4n) is 3.26. The molecule has 0 unspecified atom stereocenters. The Morgan fingerprint density at radius 1 is 1.35 bits per heavy atom. The zero-order valence-electron chi connectivity index (χ0n) is 13.6. The molecule has 1 aromatic carbocycles. The number of hydrogen-bond acceptors (Lipinski definition) is 4. The maximum Gasteiger partial charge on any atom is 0.272 e. The number of carbonyl (C=O) groups is 1. The molecule has 3 nitrogen and oxygen atoms in total. The second-order valence-corrected chi connectivity index (χ2v) is 7.76. The fourth-order valence-corrected chi connectivity index (χ4v) is 4.54. The van der Waals surface area contributed by atoms with Gasteiger partial charge in [0.05, 0.1) is 10.6 Å². The van der Waals surface area contributed by atoms with E-state index in [-0.39, 0.29) is 5.91 Å². The largest absolute Gasteiger partial charge is 0.373 e. The summed E-state index contributed by atoms with van der Waals surface area (Å²) in [6.45, 7) is 5.26. The minimum Gasteiger partial charge on any atom is -0.373 e. The van der Waals surface area contributed by atoms with Crippen molar-refractivity contribution in [1.29, 1.82) is 0 Å². The number of amides is 1. The van der Waals surface area contributed by atoms with Crippen LogP contribution < -0.4 is 4.90 Å². The van der Waals surface area contributed by atoms with Crippen LogP contribution >= 0.6 is 24.0 Å². The number of carbonyl (C=O) groups excluding carboxylic acids is 1. The monoisotopic (exact) mass is 346 g/mol. The SMILES string of the molecule is CC[C@@H]1CCCCN1/C=C1\SC(=S)N(c2ccccc2C)C1=O. The molecule has 2 aliphatic rings. The lowest BCUT2D eigenvalue weighted by molar-refractivity contribution is -0.113. The van der Waals surface area contributed by atoms with Crippen molar-refractivity contribution in [2.75, 3.05) is 11.4 Å². The van der Waals surface area contributed by atoms with Crippen LogP contribution in [0.3, 0.4) is 0 Å². The van der Waals surface area contributed by atoms with E-state index >= 15 is 0 Å². The molecule has 3 rings (SSSR count). The number of aryl methyl sites for hydroxylation is 1. The van der Waals surface area contributed by atoms with Crippen LogP contribution in [0.15, 0.2) is 35.4 Å². The third-order valence-electron chi connectivity index (χ3n) is 4.58. The van der Waals surface area contributed by atoms with Crippen molar-refractivity contribution < 1.29 is 4.79 Å². The topological polar surface area (TPSA) is 23.6 Å². The predicted molar refractivity (Wildman–Crippen MR) is 102 cm³/mol. The summed E-state index contributed by atoms with van der Waals surface area (Å²) in [4.78, 5) is 17.6. The smallest absolute Gasteiger partial charge is 0.272 e. The van der Waals surface area contributed by atoms with E-state index in [2.05, 4.69) is 11.8 Å². The van der Waals surface area contributed by atoms with E-state index in [1.165, 1.54) is 31.0 Å². The maximum absolute atomic E-state index is 12.9. The molecule has 1 atom stereocenters. The van der Waals surface area contributed by atoms with Crippen molar-refractivity contribution in [3.63, 3.8) is 0 Å². The average Bonchev–Trinajstić information content (AvgIpc) is 2.83. The Balaban J connectivity index is 1.86. The molecule has 23 heavy (non-hydrogen) atoms. The van der Waals surface area contributed by atoms with Crippen molar-refractivity contribution in [2.45, 2.75) is 45.6 Å². The van der Waals surface area contributed by atoms with Crippen molar-refractivity contribution in [1.82, 2.24) is 4.90 Å². The Bertz CT molecular complexity index is 656. The highest BCUT2D eigenvalue weighted by atomic mass is 32.2.